The van der Waals surface area contributed by atoms with Crippen LogP contribution in [0.2, 0.25) is 0 Å². The molecule has 1 fully saturated rings. The number of benzene rings is 1. The quantitative estimate of drug-likeness (QED) is 0.662. The lowest BCUT2D eigenvalue weighted by atomic mass is 10.0. The van der Waals surface area contributed by atoms with Crippen LogP contribution in [0.25, 0.3) is 11.0 Å². The first-order chi connectivity index (χ1) is 10.1. The fraction of sp³-hybridized carbons (Fsp3) is 0.500. The molecule has 0 bridgehead atoms. The summed E-state index contributed by atoms with van der Waals surface area (Å²) in [4.78, 5) is 4.69. The number of aryl methyl sites for hydroxylation is 1. The summed E-state index contributed by atoms with van der Waals surface area (Å²) in [5.74, 6) is 6.75. The first-order valence-corrected chi connectivity index (χ1v) is 7.43. The van der Waals surface area contributed by atoms with Crippen LogP contribution in [-0.4, -0.2) is 49.6 Å². The van der Waals surface area contributed by atoms with Gasteiger partial charge in [-0.1, -0.05) is 11.6 Å². The van der Waals surface area contributed by atoms with Crippen molar-refractivity contribution in [1.29, 1.82) is 0 Å². The third kappa shape index (κ3) is 2.82. The summed E-state index contributed by atoms with van der Waals surface area (Å²) in [6.45, 7) is 5.19. The van der Waals surface area contributed by atoms with Crippen LogP contribution in [0, 0.1) is 6.92 Å². The number of nitrogens with one attached hydrogen (secondary N) is 1. The van der Waals surface area contributed by atoms with Gasteiger partial charge in [0.1, 0.15) is 11.3 Å². The van der Waals surface area contributed by atoms with Crippen LogP contribution >= 0.6 is 0 Å². The fourth-order valence-electron chi connectivity index (χ4n) is 3.12. The fourth-order valence-corrected chi connectivity index (χ4v) is 3.12. The van der Waals surface area contributed by atoms with Gasteiger partial charge in [0, 0.05) is 31.1 Å². The number of furan rings is 1. The van der Waals surface area contributed by atoms with Crippen LogP contribution in [-0.2, 0) is 0 Å². The summed E-state index contributed by atoms with van der Waals surface area (Å²) >= 11 is 0. The molecule has 2 heterocycles. The molecule has 2 unspecified atom stereocenters. The number of hydrogen-bond donors (Lipinski definition) is 2. The lowest BCUT2D eigenvalue weighted by molar-refractivity contribution is 0.0820. The molecule has 5 heteroatoms. The Kier molecular flexibility index (Phi) is 3.99. The molecule has 0 amide bonds. The monoisotopic (exact) mass is 288 g/mol. The van der Waals surface area contributed by atoms with Crippen molar-refractivity contribution in [1.82, 2.24) is 15.2 Å². The minimum atomic E-state index is -0.00884. The van der Waals surface area contributed by atoms with Crippen LogP contribution in [0.4, 0.5) is 0 Å². The van der Waals surface area contributed by atoms with E-state index in [4.69, 9.17) is 10.3 Å². The van der Waals surface area contributed by atoms with Crippen molar-refractivity contribution in [3.8, 4) is 0 Å². The molecule has 1 saturated heterocycles. The Morgan fingerprint density at radius 3 is 2.86 bits per heavy atom. The molecule has 5 nitrogen and oxygen atoms in total. The predicted octanol–water partition coefficient (Wildman–Crippen LogP) is 1.49. The highest BCUT2D eigenvalue weighted by atomic mass is 16.3. The molecule has 1 aromatic carbocycles. The van der Waals surface area contributed by atoms with Crippen molar-refractivity contribution in [2.24, 2.45) is 5.84 Å². The van der Waals surface area contributed by atoms with E-state index in [-0.39, 0.29) is 6.04 Å². The summed E-state index contributed by atoms with van der Waals surface area (Å²) in [7, 11) is 4.30. The van der Waals surface area contributed by atoms with Gasteiger partial charge < -0.3 is 9.32 Å². The van der Waals surface area contributed by atoms with Crippen molar-refractivity contribution in [3.05, 3.63) is 35.6 Å². The van der Waals surface area contributed by atoms with E-state index in [0.717, 1.165) is 36.4 Å². The van der Waals surface area contributed by atoms with Gasteiger partial charge in [-0.25, -0.2) is 5.43 Å². The minimum absolute atomic E-state index is 0.00884. The summed E-state index contributed by atoms with van der Waals surface area (Å²) in [6, 6.07) is 8.64. The standard InChI is InChI=1S/C16H24N4O/c1-11-4-5-14-12(8-11)9-15(21-14)16(18-17)13-10-19(2)6-7-20(13)3/h4-5,8-9,13,16,18H,6-7,10,17H2,1-3H3. The van der Waals surface area contributed by atoms with Gasteiger partial charge in [-0.3, -0.25) is 10.7 Å². The zero-order chi connectivity index (χ0) is 15.0. The Balaban J connectivity index is 1.93. The van der Waals surface area contributed by atoms with Gasteiger partial charge >= 0.3 is 0 Å². The highest BCUT2D eigenvalue weighted by Gasteiger charge is 2.32. The topological polar surface area (TPSA) is 57.7 Å². The highest BCUT2D eigenvalue weighted by Crippen LogP contribution is 2.28. The van der Waals surface area contributed by atoms with Crippen molar-refractivity contribution in [2.75, 3.05) is 33.7 Å². The second-order valence-electron chi connectivity index (χ2n) is 6.14. The Bertz CT molecular complexity index is 624. The number of fused-ring (bicyclic) bond motifs is 1. The number of nitrogens with two attached hydrogens (primary N) is 1. The molecular formula is C16H24N4O. The zero-order valence-electron chi connectivity index (χ0n) is 13.0. The van der Waals surface area contributed by atoms with E-state index in [2.05, 4.69) is 54.4 Å². The van der Waals surface area contributed by atoms with Gasteiger partial charge in [-0.05, 0) is 39.2 Å². The third-order valence-electron chi connectivity index (χ3n) is 4.46. The number of rotatable bonds is 3. The third-order valence-corrected chi connectivity index (χ3v) is 4.46. The normalized spacial score (nSPS) is 22.8. The number of hydrazine groups is 1. The zero-order valence-corrected chi connectivity index (χ0v) is 13.0. The SMILES string of the molecule is Cc1ccc2oc(C(NN)C3CN(C)CCN3C)cc2c1. The second kappa shape index (κ2) is 5.77. The smallest absolute Gasteiger partial charge is 0.134 e. The van der Waals surface area contributed by atoms with E-state index >= 15 is 0 Å². The van der Waals surface area contributed by atoms with Crippen LogP contribution in [0.3, 0.4) is 0 Å². The maximum Gasteiger partial charge on any atom is 0.134 e. The second-order valence-corrected chi connectivity index (χ2v) is 6.14. The molecule has 1 aliphatic heterocycles. The molecule has 0 radical (unpaired) electrons. The van der Waals surface area contributed by atoms with Crippen LogP contribution < -0.4 is 11.3 Å². The maximum absolute atomic E-state index is 6.03. The van der Waals surface area contributed by atoms with Crippen molar-refractivity contribution in [2.45, 2.75) is 19.0 Å². The largest absolute Gasteiger partial charge is 0.459 e. The Morgan fingerprint density at radius 1 is 1.29 bits per heavy atom. The molecule has 3 rings (SSSR count). The van der Waals surface area contributed by atoms with E-state index in [9.17, 15) is 0 Å². The number of likely N-dealkylation sites (N-methyl/N-ethyl adjacent to an activating group) is 2. The predicted molar refractivity (Wildman–Crippen MR) is 84.9 cm³/mol. The molecule has 0 saturated carbocycles. The van der Waals surface area contributed by atoms with E-state index in [1.54, 1.807) is 0 Å². The number of piperazine rings is 1. The van der Waals surface area contributed by atoms with Crippen molar-refractivity contribution < 1.29 is 4.42 Å². The van der Waals surface area contributed by atoms with Crippen LogP contribution in [0.1, 0.15) is 17.4 Å². The minimum Gasteiger partial charge on any atom is -0.459 e. The average Bonchev–Trinajstić information content (AvgIpc) is 2.86. The number of nitrogens with zero attached hydrogens (tertiary/aromatic N) is 2. The molecule has 1 aliphatic rings. The molecule has 1 aromatic heterocycles. The summed E-state index contributed by atoms with van der Waals surface area (Å²) < 4.78 is 6.03. The van der Waals surface area contributed by atoms with E-state index < -0.39 is 0 Å². The van der Waals surface area contributed by atoms with E-state index in [1.807, 2.05) is 6.07 Å². The van der Waals surface area contributed by atoms with Crippen LogP contribution in [0.15, 0.2) is 28.7 Å². The summed E-state index contributed by atoms with van der Waals surface area (Å²) in [5.41, 5.74) is 5.11. The van der Waals surface area contributed by atoms with Gasteiger partial charge in [0.15, 0.2) is 0 Å². The van der Waals surface area contributed by atoms with Gasteiger partial charge in [0.25, 0.3) is 0 Å². The lowest BCUT2D eigenvalue weighted by Gasteiger charge is -2.40. The van der Waals surface area contributed by atoms with Crippen molar-refractivity contribution >= 4 is 11.0 Å². The molecule has 3 N–H and O–H groups in total. The lowest BCUT2D eigenvalue weighted by Crippen LogP contribution is -2.55. The van der Waals surface area contributed by atoms with Crippen LogP contribution in [0.5, 0.6) is 0 Å². The van der Waals surface area contributed by atoms with Gasteiger partial charge in [-0.15, -0.1) is 0 Å². The van der Waals surface area contributed by atoms with E-state index in [0.29, 0.717) is 6.04 Å². The molecule has 114 valence electrons. The van der Waals surface area contributed by atoms with Gasteiger partial charge in [-0.2, -0.15) is 0 Å². The summed E-state index contributed by atoms with van der Waals surface area (Å²) in [5, 5.41) is 1.14. The Morgan fingerprint density at radius 2 is 2.10 bits per heavy atom. The van der Waals surface area contributed by atoms with Gasteiger partial charge in [0.05, 0.1) is 6.04 Å². The van der Waals surface area contributed by atoms with Gasteiger partial charge in [0.2, 0.25) is 0 Å². The Labute approximate surface area is 125 Å². The molecule has 0 aliphatic carbocycles. The molecular weight excluding hydrogens is 264 g/mol. The molecule has 21 heavy (non-hydrogen) atoms. The molecule has 2 atom stereocenters. The Hall–Kier alpha value is -1.40. The van der Waals surface area contributed by atoms with Crippen molar-refractivity contribution in [3.63, 3.8) is 0 Å². The number of hydrogen-bond acceptors (Lipinski definition) is 5. The maximum atomic E-state index is 6.03. The van der Waals surface area contributed by atoms with E-state index in [1.165, 1.54) is 5.56 Å². The first kappa shape index (κ1) is 14.5. The molecule has 2 aromatic rings. The molecule has 0 spiro atoms. The average molecular weight is 288 g/mol. The highest BCUT2D eigenvalue weighted by molar-refractivity contribution is 5.78. The first-order valence-electron chi connectivity index (χ1n) is 7.43. The summed E-state index contributed by atoms with van der Waals surface area (Å²) in [6.07, 6.45) is 0.